The SMILES string of the molecule is NC1(C(=O)NCc2ccccc2-n2cccn2)CCOC1. The first kappa shape index (κ1) is 13.8. The van der Waals surface area contributed by atoms with Crippen molar-refractivity contribution in [3.05, 3.63) is 48.3 Å². The molecule has 1 unspecified atom stereocenters. The number of benzene rings is 1. The number of ether oxygens (including phenoxy) is 1. The van der Waals surface area contributed by atoms with Crippen LogP contribution in [0.3, 0.4) is 0 Å². The molecule has 6 nitrogen and oxygen atoms in total. The van der Waals surface area contributed by atoms with Crippen LogP contribution in [0.4, 0.5) is 0 Å². The Hall–Kier alpha value is -2.18. The Labute approximate surface area is 122 Å². The Bertz CT molecular complexity index is 618. The average Bonchev–Trinajstić information content (AvgIpc) is 3.17. The van der Waals surface area contributed by atoms with E-state index in [-0.39, 0.29) is 12.5 Å². The predicted molar refractivity (Wildman–Crippen MR) is 77.8 cm³/mol. The van der Waals surface area contributed by atoms with Gasteiger partial charge in [-0.05, 0) is 24.1 Å². The topological polar surface area (TPSA) is 82.2 Å². The van der Waals surface area contributed by atoms with Crippen LogP contribution in [0.5, 0.6) is 0 Å². The summed E-state index contributed by atoms with van der Waals surface area (Å²) in [5.74, 6) is -0.171. The van der Waals surface area contributed by atoms with Crippen LogP contribution < -0.4 is 11.1 Å². The lowest BCUT2D eigenvalue weighted by atomic mass is 9.99. The summed E-state index contributed by atoms with van der Waals surface area (Å²) >= 11 is 0. The van der Waals surface area contributed by atoms with Crippen molar-refractivity contribution in [1.82, 2.24) is 15.1 Å². The molecule has 0 aliphatic carbocycles. The van der Waals surface area contributed by atoms with Crippen molar-refractivity contribution in [1.29, 1.82) is 0 Å². The van der Waals surface area contributed by atoms with Gasteiger partial charge in [0.05, 0.1) is 12.3 Å². The molecule has 2 aromatic rings. The number of aromatic nitrogens is 2. The Morgan fingerprint density at radius 2 is 2.29 bits per heavy atom. The maximum atomic E-state index is 12.2. The van der Waals surface area contributed by atoms with E-state index in [1.54, 1.807) is 10.9 Å². The van der Waals surface area contributed by atoms with Crippen LogP contribution in [0, 0.1) is 0 Å². The zero-order valence-electron chi connectivity index (χ0n) is 11.7. The van der Waals surface area contributed by atoms with Crippen molar-refractivity contribution >= 4 is 5.91 Å². The average molecular weight is 286 g/mol. The number of rotatable bonds is 4. The first-order valence-corrected chi connectivity index (χ1v) is 6.92. The molecule has 1 aliphatic rings. The summed E-state index contributed by atoms with van der Waals surface area (Å²) in [4.78, 5) is 12.2. The zero-order chi connectivity index (χ0) is 14.7. The monoisotopic (exact) mass is 286 g/mol. The number of carbonyl (C=O) groups is 1. The second-order valence-electron chi connectivity index (χ2n) is 5.22. The standard InChI is InChI=1S/C15H18N4O2/c16-15(6-9-21-11-15)14(20)17-10-12-4-1-2-5-13(12)19-8-3-7-18-19/h1-5,7-8H,6,9-11,16H2,(H,17,20). The van der Waals surface area contributed by atoms with Gasteiger partial charge in [0, 0.05) is 25.5 Å². The quantitative estimate of drug-likeness (QED) is 0.862. The molecule has 1 aliphatic heterocycles. The third kappa shape index (κ3) is 2.81. The Balaban J connectivity index is 1.73. The molecule has 110 valence electrons. The van der Waals surface area contributed by atoms with Crippen LogP contribution in [0.25, 0.3) is 5.69 Å². The normalized spacial score (nSPS) is 21.4. The fraction of sp³-hybridized carbons (Fsp3) is 0.333. The van der Waals surface area contributed by atoms with Crippen LogP contribution in [0.1, 0.15) is 12.0 Å². The van der Waals surface area contributed by atoms with E-state index in [1.165, 1.54) is 0 Å². The molecule has 0 radical (unpaired) electrons. The van der Waals surface area contributed by atoms with E-state index in [1.807, 2.05) is 36.5 Å². The van der Waals surface area contributed by atoms with Crippen molar-refractivity contribution in [2.45, 2.75) is 18.5 Å². The molecule has 1 saturated heterocycles. The Kier molecular flexibility index (Phi) is 3.72. The number of amides is 1. The van der Waals surface area contributed by atoms with Gasteiger partial charge in [-0.1, -0.05) is 18.2 Å². The van der Waals surface area contributed by atoms with Crippen LogP contribution in [-0.2, 0) is 16.1 Å². The van der Waals surface area contributed by atoms with Gasteiger partial charge in [0.25, 0.3) is 0 Å². The van der Waals surface area contributed by atoms with Gasteiger partial charge < -0.3 is 15.8 Å². The molecule has 0 bridgehead atoms. The van der Waals surface area contributed by atoms with Crippen molar-refractivity contribution in [3.63, 3.8) is 0 Å². The van der Waals surface area contributed by atoms with E-state index in [0.717, 1.165) is 11.3 Å². The second kappa shape index (κ2) is 5.67. The van der Waals surface area contributed by atoms with E-state index < -0.39 is 5.54 Å². The van der Waals surface area contributed by atoms with Crippen LogP contribution in [0.2, 0.25) is 0 Å². The highest BCUT2D eigenvalue weighted by Crippen LogP contribution is 2.17. The smallest absolute Gasteiger partial charge is 0.242 e. The second-order valence-corrected chi connectivity index (χ2v) is 5.22. The number of hydrogen-bond donors (Lipinski definition) is 2. The fourth-order valence-electron chi connectivity index (χ4n) is 2.41. The lowest BCUT2D eigenvalue weighted by Gasteiger charge is -2.21. The van der Waals surface area contributed by atoms with Gasteiger partial charge in [-0.3, -0.25) is 4.79 Å². The largest absolute Gasteiger partial charge is 0.379 e. The van der Waals surface area contributed by atoms with Gasteiger partial charge in [-0.2, -0.15) is 5.10 Å². The highest BCUT2D eigenvalue weighted by atomic mass is 16.5. The molecule has 1 amide bonds. The van der Waals surface area contributed by atoms with Crippen molar-refractivity contribution < 1.29 is 9.53 Å². The minimum absolute atomic E-state index is 0.171. The fourth-order valence-corrected chi connectivity index (χ4v) is 2.41. The van der Waals surface area contributed by atoms with Crippen LogP contribution >= 0.6 is 0 Å². The summed E-state index contributed by atoms with van der Waals surface area (Å²) < 4.78 is 6.99. The number of nitrogens with one attached hydrogen (secondary N) is 1. The van der Waals surface area contributed by atoms with E-state index in [2.05, 4.69) is 10.4 Å². The van der Waals surface area contributed by atoms with Gasteiger partial charge in [0.2, 0.25) is 5.91 Å². The van der Waals surface area contributed by atoms with E-state index in [0.29, 0.717) is 19.6 Å². The molecule has 0 spiro atoms. The maximum Gasteiger partial charge on any atom is 0.242 e. The summed E-state index contributed by atoms with van der Waals surface area (Å²) in [6.07, 6.45) is 4.15. The highest BCUT2D eigenvalue weighted by molar-refractivity contribution is 5.86. The molecule has 1 aromatic heterocycles. The number of nitrogens with two attached hydrogens (primary N) is 1. The van der Waals surface area contributed by atoms with Crippen LogP contribution in [-0.4, -0.2) is 34.4 Å². The molecule has 1 fully saturated rings. The third-order valence-electron chi connectivity index (χ3n) is 3.69. The number of para-hydroxylation sites is 1. The van der Waals surface area contributed by atoms with Crippen molar-refractivity contribution in [2.75, 3.05) is 13.2 Å². The van der Waals surface area contributed by atoms with E-state index in [9.17, 15) is 4.79 Å². The van der Waals surface area contributed by atoms with Crippen LogP contribution in [0.15, 0.2) is 42.7 Å². The summed E-state index contributed by atoms with van der Waals surface area (Å²) in [5, 5.41) is 7.12. The molecular formula is C15H18N4O2. The lowest BCUT2D eigenvalue weighted by Crippen LogP contribution is -2.54. The number of hydrogen-bond acceptors (Lipinski definition) is 4. The molecule has 3 rings (SSSR count). The van der Waals surface area contributed by atoms with Gasteiger partial charge in [0.15, 0.2) is 0 Å². The molecule has 1 atom stereocenters. The summed E-state index contributed by atoms with van der Waals surface area (Å²) in [7, 11) is 0. The minimum Gasteiger partial charge on any atom is -0.379 e. The molecule has 0 saturated carbocycles. The first-order chi connectivity index (χ1) is 10.2. The maximum absolute atomic E-state index is 12.2. The summed E-state index contributed by atoms with van der Waals surface area (Å²) in [6.45, 7) is 1.22. The molecular weight excluding hydrogens is 268 g/mol. The van der Waals surface area contributed by atoms with Gasteiger partial charge in [-0.15, -0.1) is 0 Å². The Morgan fingerprint density at radius 3 is 3.00 bits per heavy atom. The molecule has 3 N–H and O–H groups in total. The predicted octanol–water partition coefficient (Wildman–Crippen LogP) is 0.606. The van der Waals surface area contributed by atoms with Crippen molar-refractivity contribution in [2.24, 2.45) is 5.73 Å². The number of carbonyl (C=O) groups excluding carboxylic acids is 1. The highest BCUT2D eigenvalue weighted by Gasteiger charge is 2.38. The molecule has 2 heterocycles. The first-order valence-electron chi connectivity index (χ1n) is 6.92. The lowest BCUT2D eigenvalue weighted by molar-refractivity contribution is -0.126. The Morgan fingerprint density at radius 1 is 1.43 bits per heavy atom. The summed E-state index contributed by atoms with van der Waals surface area (Å²) in [6, 6.07) is 9.67. The van der Waals surface area contributed by atoms with Gasteiger partial charge >= 0.3 is 0 Å². The van der Waals surface area contributed by atoms with Gasteiger partial charge in [0.1, 0.15) is 5.54 Å². The number of nitrogens with zero attached hydrogens (tertiary/aromatic N) is 2. The van der Waals surface area contributed by atoms with Gasteiger partial charge in [-0.25, -0.2) is 4.68 Å². The van der Waals surface area contributed by atoms with E-state index in [4.69, 9.17) is 10.5 Å². The third-order valence-corrected chi connectivity index (χ3v) is 3.69. The molecule has 21 heavy (non-hydrogen) atoms. The van der Waals surface area contributed by atoms with E-state index >= 15 is 0 Å². The summed E-state index contributed by atoms with van der Waals surface area (Å²) in [5.41, 5.74) is 7.07. The molecule has 6 heteroatoms. The minimum atomic E-state index is -0.902. The molecule has 1 aromatic carbocycles. The van der Waals surface area contributed by atoms with Crippen molar-refractivity contribution in [3.8, 4) is 5.69 Å². The zero-order valence-corrected chi connectivity index (χ0v) is 11.7.